The van der Waals surface area contributed by atoms with Crippen molar-refractivity contribution in [2.24, 2.45) is 5.92 Å². The number of hydrogen-bond donors (Lipinski definition) is 3. The molecule has 0 radical (unpaired) electrons. The van der Waals surface area contributed by atoms with E-state index in [1.54, 1.807) is 0 Å². The van der Waals surface area contributed by atoms with Gasteiger partial charge in [0.1, 0.15) is 0 Å². The molecule has 6 heteroatoms. The van der Waals surface area contributed by atoms with Crippen LogP contribution in [0, 0.1) is 17.6 Å². The van der Waals surface area contributed by atoms with Gasteiger partial charge in [-0.3, -0.25) is 0 Å². The van der Waals surface area contributed by atoms with Crippen molar-refractivity contribution in [2.75, 3.05) is 17.6 Å². The second-order valence-corrected chi connectivity index (χ2v) is 4.21. The average Bonchev–Trinajstić information content (AvgIpc) is 2.33. The summed E-state index contributed by atoms with van der Waals surface area (Å²) in [5, 5.41) is 12.5. The minimum absolute atomic E-state index is 0.137. The molecular formula is C12H19F2N3O. The summed E-state index contributed by atoms with van der Waals surface area (Å²) in [5.41, 5.74) is 5.25. The zero-order valence-corrected chi connectivity index (χ0v) is 10.6. The Hall–Kier alpha value is -1.43. The van der Waals surface area contributed by atoms with E-state index in [1.165, 1.54) is 0 Å². The number of anilines is 2. The zero-order chi connectivity index (χ0) is 13.7. The molecule has 1 heterocycles. The first-order chi connectivity index (χ1) is 8.49. The van der Waals surface area contributed by atoms with Gasteiger partial charge < -0.3 is 16.2 Å². The summed E-state index contributed by atoms with van der Waals surface area (Å²) in [6.07, 6.45) is 1.06. The Morgan fingerprint density at radius 3 is 2.50 bits per heavy atom. The maximum atomic E-state index is 13.3. The van der Waals surface area contributed by atoms with Crippen LogP contribution in [0.2, 0.25) is 0 Å². The first-order valence-corrected chi connectivity index (χ1v) is 6.03. The van der Waals surface area contributed by atoms with Crippen molar-refractivity contribution < 1.29 is 13.9 Å². The van der Waals surface area contributed by atoms with Gasteiger partial charge in [0, 0.05) is 12.6 Å². The van der Waals surface area contributed by atoms with Crippen molar-refractivity contribution in [1.29, 1.82) is 0 Å². The van der Waals surface area contributed by atoms with Gasteiger partial charge in [-0.15, -0.1) is 0 Å². The van der Waals surface area contributed by atoms with Gasteiger partial charge in [-0.1, -0.05) is 26.7 Å². The molecule has 1 aromatic heterocycles. The van der Waals surface area contributed by atoms with Crippen LogP contribution in [-0.2, 0) is 0 Å². The first kappa shape index (κ1) is 14.6. The smallest absolute Gasteiger partial charge is 0.168 e. The fourth-order valence-corrected chi connectivity index (χ4v) is 1.81. The van der Waals surface area contributed by atoms with Crippen molar-refractivity contribution in [3.8, 4) is 0 Å². The van der Waals surface area contributed by atoms with Gasteiger partial charge in [0.25, 0.3) is 0 Å². The Morgan fingerprint density at radius 1 is 1.33 bits per heavy atom. The molecule has 0 saturated heterocycles. The van der Waals surface area contributed by atoms with Crippen LogP contribution in [0.4, 0.5) is 20.4 Å². The summed E-state index contributed by atoms with van der Waals surface area (Å²) in [6.45, 7) is 4.11. The number of nitrogens with two attached hydrogens (primary N) is 1. The third kappa shape index (κ3) is 3.53. The van der Waals surface area contributed by atoms with Gasteiger partial charge in [-0.25, -0.2) is 13.8 Å². The number of aliphatic hydroxyl groups is 1. The highest BCUT2D eigenvalue weighted by molar-refractivity contribution is 5.44. The van der Waals surface area contributed by atoms with Gasteiger partial charge in [0.05, 0.1) is 6.10 Å². The number of hydrogen-bond acceptors (Lipinski definition) is 4. The molecule has 102 valence electrons. The minimum atomic E-state index is -0.890. The summed E-state index contributed by atoms with van der Waals surface area (Å²) < 4.78 is 26.2. The van der Waals surface area contributed by atoms with Crippen molar-refractivity contribution in [2.45, 2.75) is 32.8 Å². The van der Waals surface area contributed by atoms with E-state index in [2.05, 4.69) is 10.3 Å². The average molecular weight is 259 g/mol. The Bertz CT molecular complexity index is 397. The fourth-order valence-electron chi connectivity index (χ4n) is 1.81. The lowest BCUT2D eigenvalue weighted by atomic mass is 9.96. The van der Waals surface area contributed by atoms with Crippen molar-refractivity contribution in [1.82, 2.24) is 4.98 Å². The number of aliphatic hydroxyl groups excluding tert-OH is 1. The van der Waals surface area contributed by atoms with Gasteiger partial charge >= 0.3 is 0 Å². The molecule has 1 atom stereocenters. The van der Waals surface area contributed by atoms with E-state index in [4.69, 9.17) is 5.73 Å². The number of pyridine rings is 1. The molecule has 0 aliphatic rings. The van der Waals surface area contributed by atoms with E-state index >= 15 is 0 Å². The van der Waals surface area contributed by atoms with E-state index in [0.717, 1.165) is 12.8 Å². The zero-order valence-electron chi connectivity index (χ0n) is 10.6. The lowest BCUT2D eigenvalue weighted by molar-refractivity contribution is 0.114. The van der Waals surface area contributed by atoms with Crippen molar-refractivity contribution in [3.05, 3.63) is 17.7 Å². The molecule has 0 aromatic carbocycles. The first-order valence-electron chi connectivity index (χ1n) is 6.03. The molecule has 0 aliphatic carbocycles. The normalized spacial score (nSPS) is 12.8. The number of nitrogens with one attached hydrogen (secondary N) is 1. The monoisotopic (exact) mass is 259 g/mol. The maximum absolute atomic E-state index is 13.3. The molecule has 18 heavy (non-hydrogen) atoms. The lowest BCUT2D eigenvalue weighted by Crippen LogP contribution is -2.28. The van der Waals surface area contributed by atoms with Crippen LogP contribution in [0.3, 0.4) is 0 Å². The highest BCUT2D eigenvalue weighted by Crippen LogP contribution is 2.18. The van der Waals surface area contributed by atoms with Crippen molar-refractivity contribution >= 4 is 11.6 Å². The third-order valence-electron chi connectivity index (χ3n) is 3.03. The summed E-state index contributed by atoms with van der Waals surface area (Å²) in [5.74, 6) is -2.08. The predicted octanol–water partition coefficient (Wildman–Crippen LogP) is 2.15. The van der Waals surface area contributed by atoms with Crippen LogP contribution in [0.1, 0.15) is 26.7 Å². The van der Waals surface area contributed by atoms with E-state index in [9.17, 15) is 13.9 Å². The molecule has 4 nitrogen and oxygen atoms in total. The highest BCUT2D eigenvalue weighted by atomic mass is 19.1. The van der Waals surface area contributed by atoms with E-state index in [1.807, 2.05) is 13.8 Å². The number of aromatic nitrogens is 1. The largest absolute Gasteiger partial charge is 0.391 e. The quantitative estimate of drug-likeness (QED) is 0.732. The fraction of sp³-hybridized carbons (Fsp3) is 0.583. The molecule has 0 spiro atoms. The second kappa shape index (κ2) is 6.49. The molecule has 1 rings (SSSR count). The number of nitrogen functional groups attached to an aromatic ring is 1. The van der Waals surface area contributed by atoms with Crippen LogP contribution >= 0.6 is 0 Å². The molecule has 1 aromatic rings. The highest BCUT2D eigenvalue weighted by Gasteiger charge is 2.16. The lowest BCUT2D eigenvalue weighted by Gasteiger charge is -2.20. The standard InChI is InChI=1S/C12H19F2N3O/c1-3-7(4-2)10(18)6-16-12-9(14)5-8(13)11(15)17-12/h5,7,10,18H,3-4,6H2,1-2H3,(H3,15,16,17). The van der Waals surface area contributed by atoms with Crippen LogP contribution in [0.5, 0.6) is 0 Å². The van der Waals surface area contributed by atoms with Crippen LogP contribution < -0.4 is 11.1 Å². The Labute approximate surface area is 105 Å². The van der Waals surface area contributed by atoms with Crippen molar-refractivity contribution in [3.63, 3.8) is 0 Å². The Balaban J connectivity index is 2.66. The van der Waals surface area contributed by atoms with Gasteiger partial charge in [0.2, 0.25) is 0 Å². The summed E-state index contributed by atoms with van der Waals surface area (Å²) >= 11 is 0. The number of rotatable bonds is 6. The number of nitrogens with zero attached hydrogens (tertiary/aromatic N) is 1. The minimum Gasteiger partial charge on any atom is -0.391 e. The van der Waals surface area contributed by atoms with Crippen LogP contribution in [0.25, 0.3) is 0 Å². The molecule has 4 N–H and O–H groups in total. The molecule has 1 unspecified atom stereocenters. The molecule has 0 bridgehead atoms. The van der Waals surface area contributed by atoms with E-state index < -0.39 is 17.7 Å². The van der Waals surface area contributed by atoms with Crippen LogP contribution in [0.15, 0.2) is 6.07 Å². The maximum Gasteiger partial charge on any atom is 0.168 e. The second-order valence-electron chi connectivity index (χ2n) is 4.21. The SMILES string of the molecule is CCC(CC)C(O)CNc1nc(N)c(F)cc1F. The van der Waals surface area contributed by atoms with Gasteiger partial charge in [-0.2, -0.15) is 0 Å². The summed E-state index contributed by atoms with van der Waals surface area (Å²) in [7, 11) is 0. The Kier molecular flexibility index (Phi) is 5.27. The van der Waals surface area contributed by atoms with Gasteiger partial charge in [0.15, 0.2) is 23.3 Å². The molecular weight excluding hydrogens is 240 g/mol. The van der Waals surface area contributed by atoms with Crippen LogP contribution in [-0.4, -0.2) is 22.7 Å². The summed E-state index contributed by atoms with van der Waals surface area (Å²) in [4.78, 5) is 3.56. The molecule has 0 saturated carbocycles. The number of halogens is 2. The third-order valence-corrected chi connectivity index (χ3v) is 3.03. The molecule has 0 aliphatic heterocycles. The van der Waals surface area contributed by atoms with E-state index in [-0.39, 0.29) is 24.1 Å². The van der Waals surface area contributed by atoms with Gasteiger partial charge in [-0.05, 0) is 5.92 Å². The molecule has 0 fully saturated rings. The summed E-state index contributed by atoms with van der Waals surface area (Å²) in [6, 6.07) is 0.675. The topological polar surface area (TPSA) is 71.2 Å². The molecule has 0 amide bonds. The predicted molar refractivity (Wildman–Crippen MR) is 67.1 cm³/mol. The Morgan fingerprint density at radius 2 is 1.94 bits per heavy atom. The van der Waals surface area contributed by atoms with E-state index in [0.29, 0.717) is 6.07 Å².